The van der Waals surface area contributed by atoms with Crippen molar-refractivity contribution in [3.8, 4) is 5.75 Å². The molecule has 1 atom stereocenters. The molecule has 3 aromatic carbocycles. The number of nitrogens with zero attached hydrogens (tertiary/aromatic N) is 1. The predicted molar refractivity (Wildman–Crippen MR) is 128 cm³/mol. The summed E-state index contributed by atoms with van der Waals surface area (Å²) in [6, 6.07) is 22.7. The maximum absolute atomic E-state index is 12.7. The van der Waals surface area contributed by atoms with E-state index >= 15 is 0 Å². The fourth-order valence-electron chi connectivity index (χ4n) is 3.95. The van der Waals surface area contributed by atoms with Gasteiger partial charge in [0.15, 0.2) is 0 Å². The first-order chi connectivity index (χ1) is 15.3. The van der Waals surface area contributed by atoms with E-state index in [4.69, 9.17) is 27.9 Å². The van der Waals surface area contributed by atoms with Crippen molar-refractivity contribution in [2.24, 2.45) is 5.92 Å². The molecule has 0 bridgehead atoms. The minimum Gasteiger partial charge on any atom is -0.426 e. The highest BCUT2D eigenvalue weighted by Gasteiger charge is 2.37. The van der Waals surface area contributed by atoms with E-state index in [1.807, 2.05) is 30.3 Å². The van der Waals surface area contributed by atoms with Gasteiger partial charge in [0.2, 0.25) is 5.91 Å². The number of carbonyl (C=O) groups is 2. The van der Waals surface area contributed by atoms with Crippen LogP contribution in [0.5, 0.6) is 5.75 Å². The van der Waals surface area contributed by atoms with Crippen molar-refractivity contribution in [3.05, 3.63) is 94.0 Å². The Hall–Kier alpha value is -2.82. The largest absolute Gasteiger partial charge is 0.426 e. The first-order valence-corrected chi connectivity index (χ1v) is 11.1. The molecule has 4 nitrogen and oxygen atoms in total. The first-order valence-electron chi connectivity index (χ1n) is 10.4. The Morgan fingerprint density at radius 2 is 1.62 bits per heavy atom. The highest BCUT2D eigenvalue weighted by atomic mass is 35.5. The van der Waals surface area contributed by atoms with E-state index in [9.17, 15) is 9.59 Å². The number of halogens is 2. The maximum Gasteiger partial charge on any atom is 0.316 e. The molecule has 3 aromatic rings. The van der Waals surface area contributed by atoms with Crippen molar-refractivity contribution >= 4 is 40.8 Å². The third kappa shape index (κ3) is 4.52. The number of hydrogen-bond donors (Lipinski definition) is 0. The molecule has 0 aliphatic carbocycles. The summed E-state index contributed by atoms with van der Waals surface area (Å²) in [6.45, 7) is 4.52. The van der Waals surface area contributed by atoms with Crippen molar-refractivity contribution in [1.82, 2.24) is 0 Å². The Balaban J connectivity index is 1.44. The molecule has 1 saturated heterocycles. The Bertz CT molecular complexity index is 1140. The van der Waals surface area contributed by atoms with Crippen LogP contribution in [-0.4, -0.2) is 18.4 Å². The van der Waals surface area contributed by atoms with Crippen molar-refractivity contribution < 1.29 is 14.3 Å². The molecule has 0 N–H and O–H groups in total. The predicted octanol–water partition coefficient (Wildman–Crippen LogP) is 6.28. The molecule has 6 heteroatoms. The zero-order valence-corrected chi connectivity index (χ0v) is 19.4. The SMILES string of the molecule is CC(C)(c1ccccc1)c1ccc(OC(=O)[C@@H]2CC(=O)N(c3cc(Cl)ccc3Cl)C2)cc1. The average Bonchev–Trinajstić information content (AvgIpc) is 3.18. The van der Waals surface area contributed by atoms with Crippen LogP contribution in [-0.2, 0) is 15.0 Å². The Kier molecular flexibility index (Phi) is 6.27. The Morgan fingerprint density at radius 3 is 2.31 bits per heavy atom. The van der Waals surface area contributed by atoms with Crippen LogP contribution < -0.4 is 9.64 Å². The van der Waals surface area contributed by atoms with Gasteiger partial charge in [-0.05, 0) is 41.5 Å². The number of esters is 1. The van der Waals surface area contributed by atoms with Crippen LogP contribution in [0.4, 0.5) is 5.69 Å². The number of benzene rings is 3. The summed E-state index contributed by atoms with van der Waals surface area (Å²) in [5.41, 5.74) is 2.64. The van der Waals surface area contributed by atoms with Crippen LogP contribution in [0.1, 0.15) is 31.4 Å². The van der Waals surface area contributed by atoms with Gasteiger partial charge in [-0.1, -0.05) is 79.5 Å². The lowest BCUT2D eigenvalue weighted by Gasteiger charge is -2.26. The highest BCUT2D eigenvalue weighted by Crippen LogP contribution is 2.35. The van der Waals surface area contributed by atoms with Crippen LogP contribution in [0.25, 0.3) is 0 Å². The third-order valence-corrected chi connectivity index (χ3v) is 6.50. The Labute approximate surface area is 197 Å². The van der Waals surface area contributed by atoms with Gasteiger partial charge in [-0.2, -0.15) is 0 Å². The van der Waals surface area contributed by atoms with Gasteiger partial charge < -0.3 is 9.64 Å². The topological polar surface area (TPSA) is 46.6 Å². The lowest BCUT2D eigenvalue weighted by atomic mass is 9.78. The number of anilines is 1. The van der Waals surface area contributed by atoms with Crippen LogP contribution >= 0.6 is 23.2 Å². The molecule has 0 unspecified atom stereocenters. The van der Waals surface area contributed by atoms with Crippen molar-refractivity contribution in [1.29, 1.82) is 0 Å². The molecule has 1 heterocycles. The van der Waals surface area contributed by atoms with E-state index in [1.165, 1.54) is 10.5 Å². The second-order valence-electron chi connectivity index (χ2n) is 8.44. The smallest absolute Gasteiger partial charge is 0.316 e. The minimum atomic E-state index is -0.571. The quantitative estimate of drug-likeness (QED) is 0.327. The standard InChI is InChI=1S/C26H23Cl2NO3/c1-26(2,18-6-4-3-5-7-18)19-8-11-21(12-9-19)32-25(31)17-14-24(30)29(16-17)23-15-20(27)10-13-22(23)28/h3-13,15,17H,14,16H2,1-2H3/t17-/m1/s1. The van der Waals surface area contributed by atoms with Gasteiger partial charge in [0.05, 0.1) is 16.6 Å². The summed E-state index contributed by atoms with van der Waals surface area (Å²) in [6.07, 6.45) is 0.0702. The molecule has 32 heavy (non-hydrogen) atoms. The van der Waals surface area contributed by atoms with E-state index in [0.717, 1.165) is 5.56 Å². The monoisotopic (exact) mass is 467 g/mol. The van der Waals surface area contributed by atoms with E-state index in [-0.39, 0.29) is 24.3 Å². The summed E-state index contributed by atoms with van der Waals surface area (Å²) >= 11 is 12.3. The lowest BCUT2D eigenvalue weighted by Crippen LogP contribution is -2.27. The lowest BCUT2D eigenvalue weighted by molar-refractivity contribution is -0.139. The average molecular weight is 468 g/mol. The zero-order chi connectivity index (χ0) is 22.9. The number of amides is 1. The third-order valence-electron chi connectivity index (χ3n) is 5.95. The summed E-state index contributed by atoms with van der Waals surface area (Å²) in [7, 11) is 0. The number of ether oxygens (including phenoxy) is 1. The van der Waals surface area contributed by atoms with Gasteiger partial charge in [0.1, 0.15) is 5.75 Å². The number of rotatable bonds is 5. The molecule has 1 aliphatic heterocycles. The Morgan fingerprint density at radius 1 is 0.969 bits per heavy atom. The second kappa shape index (κ2) is 8.97. The van der Waals surface area contributed by atoms with Crippen LogP contribution in [0.15, 0.2) is 72.8 Å². The van der Waals surface area contributed by atoms with Crippen molar-refractivity contribution in [3.63, 3.8) is 0 Å². The van der Waals surface area contributed by atoms with Crippen LogP contribution in [0.2, 0.25) is 10.0 Å². The number of carbonyl (C=O) groups excluding carboxylic acids is 2. The fraction of sp³-hybridized carbons (Fsp3) is 0.231. The van der Waals surface area contributed by atoms with Gasteiger partial charge in [-0.15, -0.1) is 0 Å². The summed E-state index contributed by atoms with van der Waals surface area (Å²) < 4.78 is 5.58. The van der Waals surface area contributed by atoms with Crippen LogP contribution in [0.3, 0.4) is 0 Å². The molecular formula is C26H23Cl2NO3. The van der Waals surface area contributed by atoms with Crippen molar-refractivity contribution in [2.45, 2.75) is 25.7 Å². The van der Waals surface area contributed by atoms with Gasteiger partial charge in [0.25, 0.3) is 0 Å². The maximum atomic E-state index is 12.7. The zero-order valence-electron chi connectivity index (χ0n) is 17.8. The van der Waals surface area contributed by atoms with E-state index < -0.39 is 11.9 Å². The molecule has 0 aromatic heterocycles. The van der Waals surface area contributed by atoms with Crippen LogP contribution in [0, 0.1) is 5.92 Å². The first kappa shape index (κ1) is 22.4. The summed E-state index contributed by atoms with van der Waals surface area (Å²) in [5, 5.41) is 0.884. The molecule has 0 radical (unpaired) electrons. The molecule has 1 fully saturated rings. The molecular weight excluding hydrogens is 445 g/mol. The highest BCUT2D eigenvalue weighted by molar-refractivity contribution is 6.35. The normalized spacial score (nSPS) is 16.3. The minimum absolute atomic E-state index is 0.0702. The summed E-state index contributed by atoms with van der Waals surface area (Å²) in [4.78, 5) is 26.7. The van der Waals surface area contributed by atoms with E-state index in [2.05, 4.69) is 26.0 Å². The van der Waals surface area contributed by atoms with Gasteiger partial charge >= 0.3 is 5.97 Å². The molecule has 1 amide bonds. The fourth-order valence-corrected chi connectivity index (χ4v) is 4.34. The molecule has 0 saturated carbocycles. The summed E-state index contributed by atoms with van der Waals surface area (Å²) in [5.74, 6) is -0.738. The number of hydrogen-bond acceptors (Lipinski definition) is 3. The van der Waals surface area contributed by atoms with E-state index in [0.29, 0.717) is 21.5 Å². The second-order valence-corrected chi connectivity index (χ2v) is 9.28. The van der Waals surface area contributed by atoms with E-state index in [1.54, 1.807) is 30.3 Å². The molecule has 0 spiro atoms. The molecule has 1 aliphatic rings. The van der Waals surface area contributed by atoms with Gasteiger partial charge in [0, 0.05) is 23.4 Å². The molecule has 164 valence electrons. The van der Waals surface area contributed by atoms with Gasteiger partial charge in [-0.3, -0.25) is 9.59 Å². The molecule has 4 rings (SSSR count). The van der Waals surface area contributed by atoms with Gasteiger partial charge in [-0.25, -0.2) is 0 Å². The van der Waals surface area contributed by atoms with Crippen molar-refractivity contribution in [2.75, 3.05) is 11.4 Å².